The number of nitrogens with one attached hydrogen (secondary N) is 1. The van der Waals surface area contributed by atoms with Crippen molar-refractivity contribution in [2.24, 2.45) is 23.7 Å². The Hall–Kier alpha value is -0.330. The minimum atomic E-state index is -4.74. The van der Waals surface area contributed by atoms with E-state index in [4.69, 9.17) is 0 Å². The number of hydrogen-bond acceptors (Lipinski definition) is 3. The number of hydroxylamine groups is 1. The minimum Gasteiger partial charge on any atom is -0.357 e. The normalized spacial score (nSPS) is 56.2. The Morgan fingerprint density at radius 2 is 1.53 bits per heavy atom. The molecular weight excluding hydrogens is 259 g/mol. The van der Waals surface area contributed by atoms with Gasteiger partial charge in [-0.05, 0) is 55.8 Å². The average molecular weight is 277 g/mol. The molecule has 2 N–H and O–H groups in total. The molecule has 0 radical (unpaired) electrons. The molecular formula is C13H18F3NO2. The van der Waals surface area contributed by atoms with Crippen LogP contribution in [-0.4, -0.2) is 22.6 Å². The van der Waals surface area contributed by atoms with E-state index in [1.807, 2.05) is 0 Å². The fraction of sp³-hybridized carbons (Fsp3) is 1.00. The Bertz CT molecular complexity index is 383. The van der Waals surface area contributed by atoms with E-state index in [9.17, 15) is 18.3 Å². The zero-order valence-electron chi connectivity index (χ0n) is 10.5. The first-order chi connectivity index (χ1) is 8.82. The molecule has 19 heavy (non-hydrogen) atoms. The molecule has 0 aromatic carbocycles. The summed E-state index contributed by atoms with van der Waals surface area (Å²) < 4.78 is 38.8. The second kappa shape index (κ2) is 3.46. The molecule has 4 saturated carbocycles. The fourth-order valence-electron chi connectivity index (χ4n) is 5.29. The highest BCUT2D eigenvalue weighted by Gasteiger charge is 2.70. The second-order valence-electron chi connectivity index (χ2n) is 7.01. The van der Waals surface area contributed by atoms with Gasteiger partial charge in [0.15, 0.2) is 0 Å². The van der Waals surface area contributed by atoms with Gasteiger partial charge < -0.3 is 5.11 Å². The fourth-order valence-corrected chi connectivity index (χ4v) is 5.29. The molecule has 0 aromatic heterocycles. The Morgan fingerprint density at radius 3 is 1.95 bits per heavy atom. The summed E-state index contributed by atoms with van der Waals surface area (Å²) in [6.07, 6.45) is 0.0904. The van der Waals surface area contributed by atoms with Gasteiger partial charge in [0.25, 0.3) is 5.79 Å². The molecule has 0 amide bonds. The van der Waals surface area contributed by atoms with E-state index in [1.54, 1.807) is 0 Å². The topological polar surface area (TPSA) is 41.5 Å². The summed E-state index contributed by atoms with van der Waals surface area (Å²) in [4.78, 5) is 4.67. The summed E-state index contributed by atoms with van der Waals surface area (Å²) >= 11 is 0. The largest absolute Gasteiger partial charge is 0.444 e. The van der Waals surface area contributed by atoms with Crippen molar-refractivity contribution in [3.05, 3.63) is 0 Å². The Balaban J connectivity index is 1.66. The van der Waals surface area contributed by atoms with Crippen molar-refractivity contribution in [2.45, 2.75) is 56.0 Å². The van der Waals surface area contributed by atoms with E-state index in [-0.39, 0.29) is 18.3 Å². The zero-order chi connectivity index (χ0) is 13.5. The maximum Gasteiger partial charge on any atom is 0.444 e. The van der Waals surface area contributed by atoms with Crippen molar-refractivity contribution in [1.82, 2.24) is 5.48 Å². The number of alkyl halides is 3. The number of rotatable bonds is 0. The molecule has 1 aliphatic heterocycles. The SMILES string of the molecule is O[C@]1(C(F)(F)F)CC2(NO1)C1CC3CC(C1)CC2C3. The molecule has 1 spiro atoms. The molecule has 1 saturated heterocycles. The molecule has 1 atom stereocenters. The molecule has 0 aromatic rings. The monoisotopic (exact) mass is 277 g/mol. The predicted octanol–water partition coefficient (Wildman–Crippen LogP) is 2.36. The minimum absolute atomic E-state index is 0.222. The molecule has 4 bridgehead atoms. The smallest absolute Gasteiger partial charge is 0.357 e. The van der Waals surface area contributed by atoms with E-state index in [0.717, 1.165) is 25.7 Å². The highest BCUT2D eigenvalue weighted by molar-refractivity contribution is 5.14. The van der Waals surface area contributed by atoms with Gasteiger partial charge in [-0.1, -0.05) is 0 Å². The summed E-state index contributed by atoms with van der Waals surface area (Å²) in [5.74, 6) is -1.22. The standard InChI is InChI=1S/C13H18F3NO2/c14-13(15,16)12(18)6-11(17-19-12)9-2-7-1-8(4-9)5-10(11)3-7/h7-10,17-18H,1-6H2/t7?,8?,9?,10?,11?,12-/m1/s1. The summed E-state index contributed by atoms with van der Waals surface area (Å²) in [7, 11) is 0. The van der Waals surface area contributed by atoms with Crippen LogP contribution in [0.2, 0.25) is 0 Å². The first kappa shape index (κ1) is 12.4. The van der Waals surface area contributed by atoms with Crippen LogP contribution in [0.3, 0.4) is 0 Å². The van der Waals surface area contributed by atoms with Crippen LogP contribution in [0.15, 0.2) is 0 Å². The third-order valence-corrected chi connectivity index (χ3v) is 5.98. The molecule has 108 valence electrons. The molecule has 5 aliphatic rings. The number of aliphatic hydroxyl groups is 1. The lowest BCUT2D eigenvalue weighted by Crippen LogP contribution is -2.62. The Morgan fingerprint density at radius 1 is 1.00 bits per heavy atom. The van der Waals surface area contributed by atoms with Crippen LogP contribution < -0.4 is 5.48 Å². The van der Waals surface area contributed by atoms with Crippen molar-refractivity contribution in [3.63, 3.8) is 0 Å². The van der Waals surface area contributed by atoms with E-state index >= 15 is 0 Å². The van der Waals surface area contributed by atoms with Gasteiger partial charge in [-0.25, -0.2) is 0 Å². The van der Waals surface area contributed by atoms with Crippen molar-refractivity contribution < 1.29 is 23.1 Å². The molecule has 4 aliphatic carbocycles. The van der Waals surface area contributed by atoms with Gasteiger partial charge in [0.2, 0.25) is 0 Å². The summed E-state index contributed by atoms with van der Waals surface area (Å²) in [6.45, 7) is 0. The van der Waals surface area contributed by atoms with Gasteiger partial charge in [0.05, 0.1) is 5.54 Å². The second-order valence-corrected chi connectivity index (χ2v) is 7.01. The zero-order valence-corrected chi connectivity index (χ0v) is 10.5. The van der Waals surface area contributed by atoms with Gasteiger partial charge in [0.1, 0.15) is 0 Å². The number of hydrogen-bond donors (Lipinski definition) is 2. The lowest BCUT2D eigenvalue weighted by Gasteiger charge is -2.59. The molecule has 6 heteroatoms. The number of halogens is 3. The molecule has 1 heterocycles. The lowest BCUT2D eigenvalue weighted by atomic mass is 9.48. The van der Waals surface area contributed by atoms with Gasteiger partial charge in [0, 0.05) is 6.42 Å². The molecule has 0 unspecified atom stereocenters. The van der Waals surface area contributed by atoms with Crippen LogP contribution in [0.25, 0.3) is 0 Å². The summed E-state index contributed by atoms with van der Waals surface area (Å²) in [6, 6.07) is 0. The van der Waals surface area contributed by atoms with E-state index in [0.29, 0.717) is 11.8 Å². The highest BCUT2D eigenvalue weighted by atomic mass is 19.4. The Labute approximate surface area is 109 Å². The van der Waals surface area contributed by atoms with Crippen molar-refractivity contribution in [1.29, 1.82) is 0 Å². The lowest BCUT2D eigenvalue weighted by molar-refractivity contribution is -0.361. The van der Waals surface area contributed by atoms with Gasteiger partial charge in [-0.3, -0.25) is 4.84 Å². The molecule has 5 rings (SSSR count). The summed E-state index contributed by atoms with van der Waals surface area (Å²) in [5, 5.41) is 9.77. The van der Waals surface area contributed by atoms with Crippen LogP contribution in [-0.2, 0) is 4.84 Å². The van der Waals surface area contributed by atoms with E-state index < -0.39 is 17.5 Å². The maximum absolute atomic E-state index is 12.9. The van der Waals surface area contributed by atoms with Crippen LogP contribution in [0.4, 0.5) is 13.2 Å². The first-order valence-electron chi connectivity index (χ1n) is 7.07. The third kappa shape index (κ3) is 1.51. The molecule has 5 fully saturated rings. The van der Waals surface area contributed by atoms with Gasteiger partial charge in [-0.2, -0.15) is 18.7 Å². The van der Waals surface area contributed by atoms with Gasteiger partial charge >= 0.3 is 6.18 Å². The van der Waals surface area contributed by atoms with Crippen LogP contribution >= 0.6 is 0 Å². The van der Waals surface area contributed by atoms with Crippen LogP contribution in [0, 0.1) is 23.7 Å². The first-order valence-corrected chi connectivity index (χ1v) is 7.07. The average Bonchev–Trinajstić information content (AvgIpc) is 2.66. The van der Waals surface area contributed by atoms with Crippen LogP contribution in [0.1, 0.15) is 38.5 Å². The Kier molecular flexibility index (Phi) is 2.26. The third-order valence-electron chi connectivity index (χ3n) is 5.98. The van der Waals surface area contributed by atoms with E-state index in [1.165, 1.54) is 6.42 Å². The molecule has 3 nitrogen and oxygen atoms in total. The van der Waals surface area contributed by atoms with Crippen molar-refractivity contribution in [2.75, 3.05) is 0 Å². The summed E-state index contributed by atoms with van der Waals surface area (Å²) in [5.41, 5.74) is 1.99. The predicted molar refractivity (Wildman–Crippen MR) is 59.6 cm³/mol. The van der Waals surface area contributed by atoms with Gasteiger partial charge in [-0.15, -0.1) is 0 Å². The highest BCUT2D eigenvalue weighted by Crippen LogP contribution is 2.62. The van der Waals surface area contributed by atoms with Crippen LogP contribution in [0.5, 0.6) is 0 Å². The van der Waals surface area contributed by atoms with Crippen molar-refractivity contribution >= 4 is 0 Å². The maximum atomic E-state index is 12.9. The van der Waals surface area contributed by atoms with Crippen molar-refractivity contribution in [3.8, 4) is 0 Å². The van der Waals surface area contributed by atoms with E-state index in [2.05, 4.69) is 10.3 Å². The quantitative estimate of drug-likeness (QED) is 0.714.